The van der Waals surface area contributed by atoms with E-state index in [1.165, 1.54) is 119 Å². The maximum Gasteiger partial charge on any atom is 0.0775 e. The smallest absolute Gasteiger partial charge is 0.0775 e. The summed E-state index contributed by atoms with van der Waals surface area (Å²) in [5.74, 6) is 0. The SMILES string of the molecule is c1ccc(-c2ccc(N(c3ccc(-c4cccc5ccccc45)cc3)c3cccc4c3C3(c5ccccc5-c5c(-c6ccccc6)sc(-c6ccccc6)c53)c3c(-c5ccccc5)sc(-c5ccccc5)c3-4)cc2)cc1. The van der Waals surface area contributed by atoms with E-state index in [0.29, 0.717) is 0 Å². The third kappa shape index (κ3) is 6.83. The van der Waals surface area contributed by atoms with Crippen molar-refractivity contribution in [1.29, 1.82) is 0 Å². The maximum atomic E-state index is 2.55. The quantitative estimate of drug-likeness (QED) is 0.139. The summed E-state index contributed by atoms with van der Waals surface area (Å²) in [5, 5.41) is 2.49. The number of thiophene rings is 2. The number of hydrogen-bond donors (Lipinski definition) is 0. The minimum absolute atomic E-state index is 0.762. The van der Waals surface area contributed by atoms with Gasteiger partial charge in [-0.3, -0.25) is 0 Å². The zero-order valence-electron chi connectivity index (χ0n) is 41.4. The molecule has 2 aliphatic carbocycles. The van der Waals surface area contributed by atoms with Gasteiger partial charge in [0, 0.05) is 47.6 Å². The van der Waals surface area contributed by atoms with Crippen molar-refractivity contribution in [2.75, 3.05) is 4.90 Å². The summed E-state index contributed by atoms with van der Waals surface area (Å²) in [6.07, 6.45) is 0. The fourth-order valence-corrected chi connectivity index (χ4v) is 15.3. The minimum atomic E-state index is -0.762. The Morgan fingerprint density at radius 1 is 0.263 bits per heavy atom. The van der Waals surface area contributed by atoms with Crippen LogP contribution in [0.4, 0.5) is 17.1 Å². The summed E-state index contributed by atoms with van der Waals surface area (Å²) < 4.78 is 0. The standard InChI is InChI=1S/C73H47NS2/c1-6-22-48(23-7-1)49-40-44-56(45-41-49)74(57-46-42-51(43-47-57)59-36-20-33-50-24-16-17-34-58(50)59)63-39-21-37-61-65-68(72(55-31-14-5-15-32-55)76-70(65)53-27-10-3-11-28-53)73(66(61)63)62-38-19-18-35-60(62)64-67(73)71(54-29-12-4-13-30-54)75-69(64)52-25-8-2-9-26-52/h1-47H. The molecule has 76 heavy (non-hydrogen) atoms. The number of hydrogen-bond acceptors (Lipinski definition) is 3. The van der Waals surface area contributed by atoms with Crippen LogP contribution >= 0.6 is 22.7 Å². The molecular weight excluding hydrogens is 955 g/mol. The molecular formula is C73H47NS2. The fraction of sp³-hybridized carbons (Fsp3) is 0.0137. The van der Waals surface area contributed by atoms with Gasteiger partial charge in [-0.2, -0.15) is 0 Å². The maximum absolute atomic E-state index is 2.55. The number of anilines is 3. The average molecular weight is 1000 g/mol. The van der Waals surface area contributed by atoms with E-state index in [-0.39, 0.29) is 0 Å². The second-order valence-corrected chi connectivity index (χ2v) is 21.8. The van der Waals surface area contributed by atoms with Crippen LogP contribution in [-0.2, 0) is 5.41 Å². The van der Waals surface area contributed by atoms with Gasteiger partial charge in [0.15, 0.2) is 0 Å². The first-order chi connectivity index (χ1) is 37.7. The van der Waals surface area contributed by atoms with Gasteiger partial charge in [-0.25, -0.2) is 0 Å². The van der Waals surface area contributed by atoms with Crippen LogP contribution in [0.5, 0.6) is 0 Å². The Hall–Kier alpha value is -9.12. The number of nitrogens with zero attached hydrogens (tertiary/aromatic N) is 1. The lowest BCUT2D eigenvalue weighted by Gasteiger charge is -2.36. The molecule has 0 N–H and O–H groups in total. The summed E-state index contributed by atoms with van der Waals surface area (Å²) >= 11 is 3.89. The van der Waals surface area contributed by atoms with Gasteiger partial charge in [-0.1, -0.05) is 255 Å². The highest BCUT2D eigenvalue weighted by Crippen LogP contribution is 2.73. The van der Waals surface area contributed by atoms with Crippen LogP contribution in [0.1, 0.15) is 22.3 Å². The number of rotatable bonds is 9. The molecule has 11 aromatic carbocycles. The molecule has 1 unspecified atom stereocenters. The Labute approximate surface area is 451 Å². The number of fused-ring (bicyclic) bond motifs is 11. The molecule has 1 nitrogen and oxygen atoms in total. The van der Waals surface area contributed by atoms with Crippen molar-refractivity contribution < 1.29 is 0 Å². The Morgan fingerprint density at radius 2 is 0.658 bits per heavy atom. The Morgan fingerprint density at radius 3 is 1.22 bits per heavy atom. The summed E-state index contributed by atoms with van der Waals surface area (Å²) in [6, 6.07) is 106. The number of benzene rings is 11. The fourth-order valence-electron chi connectivity index (χ4n) is 12.5. The van der Waals surface area contributed by atoms with Crippen LogP contribution in [0.25, 0.3) is 97.0 Å². The highest BCUT2D eigenvalue weighted by molar-refractivity contribution is 7.20. The van der Waals surface area contributed by atoms with E-state index in [4.69, 9.17) is 0 Å². The van der Waals surface area contributed by atoms with E-state index in [2.05, 4.69) is 290 Å². The van der Waals surface area contributed by atoms with Crippen LogP contribution in [0.15, 0.2) is 285 Å². The predicted octanol–water partition coefficient (Wildman–Crippen LogP) is 20.8. The molecule has 13 aromatic rings. The van der Waals surface area contributed by atoms with Gasteiger partial charge in [-0.15, -0.1) is 22.7 Å². The molecule has 2 aliphatic rings. The van der Waals surface area contributed by atoms with Crippen LogP contribution in [0, 0.1) is 0 Å². The lowest BCUT2D eigenvalue weighted by molar-refractivity contribution is 0.802. The highest BCUT2D eigenvalue weighted by Gasteiger charge is 2.58. The van der Waals surface area contributed by atoms with Gasteiger partial charge >= 0.3 is 0 Å². The van der Waals surface area contributed by atoms with Crippen LogP contribution in [0.2, 0.25) is 0 Å². The zero-order valence-corrected chi connectivity index (χ0v) is 43.0. The summed E-state index contributed by atoms with van der Waals surface area (Å²) in [5.41, 5.74) is 22.8. The molecule has 356 valence electrons. The second-order valence-electron chi connectivity index (χ2n) is 19.8. The van der Waals surface area contributed by atoms with Crippen molar-refractivity contribution in [3.05, 3.63) is 307 Å². The molecule has 1 atom stereocenters. The van der Waals surface area contributed by atoms with Crippen LogP contribution in [0.3, 0.4) is 0 Å². The second kappa shape index (κ2) is 18.1. The normalized spacial score (nSPS) is 13.8. The first kappa shape index (κ1) is 44.4. The molecule has 0 radical (unpaired) electrons. The van der Waals surface area contributed by atoms with Gasteiger partial charge in [-0.05, 0) is 113 Å². The Balaban J connectivity index is 1.08. The molecule has 0 fully saturated rings. The van der Waals surface area contributed by atoms with E-state index in [1.54, 1.807) is 0 Å². The van der Waals surface area contributed by atoms with Crippen LogP contribution < -0.4 is 4.90 Å². The van der Waals surface area contributed by atoms with E-state index in [0.717, 1.165) is 17.1 Å². The van der Waals surface area contributed by atoms with Gasteiger partial charge < -0.3 is 4.90 Å². The van der Waals surface area contributed by atoms with Crippen molar-refractivity contribution in [3.63, 3.8) is 0 Å². The highest BCUT2D eigenvalue weighted by atomic mass is 32.1. The molecule has 0 saturated carbocycles. The summed E-state index contributed by atoms with van der Waals surface area (Å²) in [4.78, 5) is 7.72. The third-order valence-electron chi connectivity index (χ3n) is 15.7. The van der Waals surface area contributed by atoms with Gasteiger partial charge in [0.25, 0.3) is 0 Å². The van der Waals surface area contributed by atoms with Gasteiger partial charge in [0.05, 0.1) is 11.1 Å². The first-order valence-electron chi connectivity index (χ1n) is 26.1. The predicted molar refractivity (Wildman–Crippen MR) is 323 cm³/mol. The summed E-state index contributed by atoms with van der Waals surface area (Å²) in [7, 11) is 0. The molecule has 0 saturated heterocycles. The molecule has 0 aliphatic heterocycles. The Bertz CT molecular complexity index is 4240. The van der Waals surface area contributed by atoms with E-state index in [9.17, 15) is 0 Å². The van der Waals surface area contributed by atoms with Crippen molar-refractivity contribution in [2.45, 2.75) is 5.41 Å². The molecule has 0 bridgehead atoms. The minimum Gasteiger partial charge on any atom is -0.310 e. The lowest BCUT2D eigenvalue weighted by Crippen LogP contribution is -2.29. The van der Waals surface area contributed by atoms with Crippen LogP contribution in [-0.4, -0.2) is 0 Å². The molecule has 2 heterocycles. The molecule has 2 aromatic heterocycles. The van der Waals surface area contributed by atoms with Crippen molar-refractivity contribution in [3.8, 4) is 86.3 Å². The van der Waals surface area contributed by atoms with Gasteiger partial charge in [0.1, 0.15) is 0 Å². The van der Waals surface area contributed by atoms with E-state index in [1.807, 2.05) is 22.7 Å². The monoisotopic (exact) mass is 1000 g/mol. The van der Waals surface area contributed by atoms with Crippen molar-refractivity contribution in [1.82, 2.24) is 0 Å². The summed E-state index contributed by atoms with van der Waals surface area (Å²) in [6.45, 7) is 0. The van der Waals surface area contributed by atoms with E-state index >= 15 is 0 Å². The first-order valence-corrected chi connectivity index (χ1v) is 27.7. The lowest BCUT2D eigenvalue weighted by atomic mass is 9.68. The molecule has 15 rings (SSSR count). The van der Waals surface area contributed by atoms with Crippen molar-refractivity contribution >= 4 is 50.5 Å². The molecule has 1 spiro atoms. The van der Waals surface area contributed by atoms with E-state index < -0.39 is 5.41 Å². The molecule has 0 amide bonds. The molecule has 3 heteroatoms. The average Bonchev–Trinajstić information content (AvgIpc) is 4.13. The zero-order chi connectivity index (χ0) is 50.2. The van der Waals surface area contributed by atoms with Gasteiger partial charge in [0.2, 0.25) is 0 Å². The van der Waals surface area contributed by atoms with Crippen molar-refractivity contribution in [2.24, 2.45) is 0 Å². The largest absolute Gasteiger partial charge is 0.310 e. The third-order valence-corrected chi connectivity index (χ3v) is 18.3. The Kier molecular flexibility index (Phi) is 10.6. The topological polar surface area (TPSA) is 3.24 Å².